The predicted octanol–water partition coefficient (Wildman–Crippen LogP) is 1.59. The second kappa shape index (κ2) is 7.19. The first-order valence-electron chi connectivity index (χ1n) is 7.42. The molecular weight excluding hydrogens is 274 g/mol. The Hall–Kier alpha value is -1.92. The molecule has 1 heterocycles. The zero-order valence-electron chi connectivity index (χ0n) is 12.2. The Kier molecular flexibility index (Phi) is 5.30. The van der Waals surface area contributed by atoms with Gasteiger partial charge in [-0.2, -0.15) is 4.98 Å². The van der Waals surface area contributed by atoms with Crippen LogP contribution in [0.15, 0.2) is 4.52 Å². The molecule has 0 radical (unpaired) electrons. The van der Waals surface area contributed by atoms with E-state index in [1.807, 2.05) is 6.92 Å². The summed E-state index contributed by atoms with van der Waals surface area (Å²) in [6.07, 6.45) is 3.83. The lowest BCUT2D eigenvalue weighted by atomic mass is 10.2. The fourth-order valence-electron chi connectivity index (χ4n) is 2.12. The average Bonchev–Trinajstić information content (AvgIpc) is 3.19. The Morgan fingerprint density at radius 3 is 2.76 bits per heavy atom. The highest BCUT2D eigenvalue weighted by Crippen LogP contribution is 2.38. The van der Waals surface area contributed by atoms with Crippen LogP contribution in [0.4, 0.5) is 0 Å². The van der Waals surface area contributed by atoms with Gasteiger partial charge in [0.25, 0.3) is 0 Å². The van der Waals surface area contributed by atoms with Crippen molar-refractivity contribution in [3.05, 3.63) is 11.7 Å². The minimum Gasteiger partial charge on any atom is -0.481 e. The number of carboxylic acids is 1. The Balaban J connectivity index is 1.70. The number of aromatic nitrogens is 2. The molecule has 1 aromatic heterocycles. The molecule has 116 valence electrons. The van der Waals surface area contributed by atoms with Crippen LogP contribution in [0.25, 0.3) is 0 Å². The van der Waals surface area contributed by atoms with Gasteiger partial charge < -0.3 is 14.5 Å². The minimum absolute atomic E-state index is 0.0199. The standard InChI is InChI=1S/C14H21N3O4/c1-2-17(9-8-13(19)20)12(18)5-3-4-11-15-14(16-21-11)10-6-7-10/h10H,2-9H2,1H3,(H,19,20). The third-order valence-electron chi connectivity index (χ3n) is 3.54. The molecule has 1 N–H and O–H groups in total. The Morgan fingerprint density at radius 1 is 1.38 bits per heavy atom. The van der Waals surface area contributed by atoms with Crippen molar-refractivity contribution in [2.45, 2.75) is 51.4 Å². The van der Waals surface area contributed by atoms with Crippen molar-refractivity contribution in [2.24, 2.45) is 0 Å². The van der Waals surface area contributed by atoms with Gasteiger partial charge in [0.05, 0.1) is 6.42 Å². The van der Waals surface area contributed by atoms with Gasteiger partial charge in [0.15, 0.2) is 5.82 Å². The molecule has 0 aromatic carbocycles. The van der Waals surface area contributed by atoms with Crippen molar-refractivity contribution in [3.8, 4) is 0 Å². The van der Waals surface area contributed by atoms with Gasteiger partial charge >= 0.3 is 5.97 Å². The van der Waals surface area contributed by atoms with Crippen LogP contribution in [-0.4, -0.2) is 45.1 Å². The highest BCUT2D eigenvalue weighted by Gasteiger charge is 2.28. The summed E-state index contributed by atoms with van der Waals surface area (Å²) in [5, 5.41) is 12.6. The summed E-state index contributed by atoms with van der Waals surface area (Å²) >= 11 is 0. The van der Waals surface area contributed by atoms with Crippen LogP contribution in [0, 0.1) is 0 Å². The van der Waals surface area contributed by atoms with Crippen molar-refractivity contribution in [3.63, 3.8) is 0 Å². The van der Waals surface area contributed by atoms with Gasteiger partial charge in [-0.15, -0.1) is 0 Å². The fraction of sp³-hybridized carbons (Fsp3) is 0.714. The fourth-order valence-corrected chi connectivity index (χ4v) is 2.12. The van der Waals surface area contributed by atoms with Crippen molar-refractivity contribution < 1.29 is 19.2 Å². The summed E-state index contributed by atoms with van der Waals surface area (Å²) in [5.41, 5.74) is 0. The number of hydrogen-bond acceptors (Lipinski definition) is 5. The molecule has 2 rings (SSSR count). The zero-order valence-corrected chi connectivity index (χ0v) is 12.2. The molecule has 0 atom stereocenters. The number of rotatable bonds is 9. The van der Waals surface area contributed by atoms with Crippen LogP contribution in [-0.2, 0) is 16.0 Å². The topological polar surface area (TPSA) is 96.5 Å². The highest BCUT2D eigenvalue weighted by atomic mass is 16.5. The Morgan fingerprint density at radius 2 is 2.14 bits per heavy atom. The van der Waals surface area contributed by atoms with Crippen LogP contribution in [0.1, 0.15) is 56.7 Å². The van der Waals surface area contributed by atoms with E-state index in [1.54, 1.807) is 4.90 Å². The number of aliphatic carboxylic acids is 1. The molecule has 1 aliphatic rings. The number of carbonyl (C=O) groups is 2. The molecule has 1 aliphatic carbocycles. The van der Waals surface area contributed by atoms with Gasteiger partial charge in [0, 0.05) is 31.8 Å². The molecule has 21 heavy (non-hydrogen) atoms. The summed E-state index contributed by atoms with van der Waals surface area (Å²) in [6, 6.07) is 0. The van der Waals surface area contributed by atoms with E-state index in [0.29, 0.717) is 37.6 Å². The first-order valence-corrected chi connectivity index (χ1v) is 7.42. The summed E-state index contributed by atoms with van der Waals surface area (Å²) in [4.78, 5) is 28.4. The summed E-state index contributed by atoms with van der Waals surface area (Å²) < 4.78 is 5.15. The third-order valence-corrected chi connectivity index (χ3v) is 3.54. The van der Waals surface area contributed by atoms with Crippen LogP contribution < -0.4 is 0 Å². The number of nitrogens with zero attached hydrogens (tertiary/aromatic N) is 3. The van der Waals surface area contributed by atoms with Crippen molar-refractivity contribution in [2.75, 3.05) is 13.1 Å². The average molecular weight is 295 g/mol. The second-order valence-corrected chi connectivity index (χ2v) is 5.29. The molecule has 1 fully saturated rings. The van der Waals surface area contributed by atoms with Gasteiger partial charge in [-0.05, 0) is 26.2 Å². The molecule has 0 aliphatic heterocycles. The van der Waals surface area contributed by atoms with Crippen molar-refractivity contribution in [1.82, 2.24) is 15.0 Å². The van der Waals surface area contributed by atoms with Crippen LogP contribution in [0.3, 0.4) is 0 Å². The molecule has 7 nitrogen and oxygen atoms in total. The molecule has 1 saturated carbocycles. The van der Waals surface area contributed by atoms with Gasteiger partial charge in [0.2, 0.25) is 11.8 Å². The molecule has 7 heteroatoms. The predicted molar refractivity (Wildman–Crippen MR) is 73.7 cm³/mol. The zero-order chi connectivity index (χ0) is 15.2. The molecule has 0 saturated heterocycles. The summed E-state index contributed by atoms with van der Waals surface area (Å²) in [6.45, 7) is 2.63. The summed E-state index contributed by atoms with van der Waals surface area (Å²) in [5.74, 6) is 0.919. The van der Waals surface area contributed by atoms with Gasteiger partial charge in [-0.3, -0.25) is 9.59 Å². The van der Waals surface area contributed by atoms with E-state index in [-0.39, 0.29) is 18.9 Å². The molecule has 1 aromatic rings. The molecule has 1 amide bonds. The smallest absolute Gasteiger partial charge is 0.305 e. The molecule has 0 unspecified atom stereocenters. The highest BCUT2D eigenvalue weighted by molar-refractivity contribution is 5.77. The third kappa shape index (κ3) is 4.84. The Labute approximate surface area is 123 Å². The van der Waals surface area contributed by atoms with Gasteiger partial charge in [-0.1, -0.05) is 5.16 Å². The van der Waals surface area contributed by atoms with E-state index in [2.05, 4.69) is 10.1 Å². The van der Waals surface area contributed by atoms with E-state index >= 15 is 0 Å². The van der Waals surface area contributed by atoms with E-state index in [1.165, 1.54) is 0 Å². The lowest BCUT2D eigenvalue weighted by Gasteiger charge is -2.19. The van der Waals surface area contributed by atoms with Crippen molar-refractivity contribution in [1.29, 1.82) is 0 Å². The number of aryl methyl sites for hydroxylation is 1. The van der Waals surface area contributed by atoms with Crippen LogP contribution in [0.5, 0.6) is 0 Å². The SMILES string of the molecule is CCN(CCC(=O)O)C(=O)CCCc1nc(C2CC2)no1. The second-order valence-electron chi connectivity index (χ2n) is 5.29. The lowest BCUT2D eigenvalue weighted by Crippen LogP contribution is -2.32. The van der Waals surface area contributed by atoms with E-state index in [4.69, 9.17) is 9.63 Å². The maximum atomic E-state index is 12.0. The van der Waals surface area contributed by atoms with Gasteiger partial charge in [0.1, 0.15) is 0 Å². The van der Waals surface area contributed by atoms with Crippen LogP contribution in [0.2, 0.25) is 0 Å². The van der Waals surface area contributed by atoms with E-state index < -0.39 is 5.97 Å². The Bertz CT molecular complexity index is 496. The largest absolute Gasteiger partial charge is 0.481 e. The first-order chi connectivity index (χ1) is 10.1. The minimum atomic E-state index is -0.889. The number of amides is 1. The van der Waals surface area contributed by atoms with Crippen molar-refractivity contribution >= 4 is 11.9 Å². The lowest BCUT2D eigenvalue weighted by molar-refractivity contribution is -0.138. The monoisotopic (exact) mass is 295 g/mol. The van der Waals surface area contributed by atoms with Crippen LogP contribution >= 0.6 is 0 Å². The first kappa shape index (κ1) is 15.5. The number of carbonyl (C=O) groups excluding carboxylic acids is 1. The number of hydrogen-bond donors (Lipinski definition) is 1. The molecule has 0 bridgehead atoms. The maximum Gasteiger partial charge on any atom is 0.305 e. The van der Waals surface area contributed by atoms with E-state index in [0.717, 1.165) is 18.7 Å². The number of carboxylic acid groups (broad SMARTS) is 1. The normalized spacial score (nSPS) is 14.1. The van der Waals surface area contributed by atoms with E-state index in [9.17, 15) is 9.59 Å². The van der Waals surface area contributed by atoms with Gasteiger partial charge in [-0.25, -0.2) is 0 Å². The molecule has 0 spiro atoms. The maximum absolute atomic E-state index is 12.0. The quantitative estimate of drug-likeness (QED) is 0.743. The summed E-state index contributed by atoms with van der Waals surface area (Å²) in [7, 11) is 0. The molecular formula is C14H21N3O4.